The summed E-state index contributed by atoms with van der Waals surface area (Å²) >= 11 is 0. The van der Waals surface area contributed by atoms with Crippen molar-refractivity contribution >= 4 is 71.4 Å². The molecule has 3 heteroatoms. The maximum absolute atomic E-state index is 2.42. The molecular weight excluding hydrogens is 667 g/mol. The van der Waals surface area contributed by atoms with Crippen LogP contribution in [0.25, 0.3) is 76.9 Å². The van der Waals surface area contributed by atoms with Gasteiger partial charge in [-0.25, -0.2) is 0 Å². The largest absolute Gasteiger partial charge is 0.310 e. The van der Waals surface area contributed by atoms with Crippen molar-refractivity contribution in [3.8, 4) is 22.5 Å². The van der Waals surface area contributed by atoms with Crippen LogP contribution in [0.15, 0.2) is 212 Å². The van der Waals surface area contributed by atoms with Crippen LogP contribution in [0.1, 0.15) is 0 Å². The second-order valence-corrected chi connectivity index (χ2v) is 14.2. The van der Waals surface area contributed by atoms with Crippen molar-refractivity contribution in [2.75, 3.05) is 4.90 Å². The van der Waals surface area contributed by atoms with Crippen LogP contribution < -0.4 is 4.90 Å². The molecule has 3 nitrogen and oxygen atoms in total. The number of nitrogens with zero attached hydrogens (tertiary/aromatic N) is 3. The predicted octanol–water partition coefficient (Wildman–Crippen LogP) is 14.2. The standard InChI is InChI=1S/C52H35N3/c1-3-15-39(16-4-1)53(49-24-13-25-50-51(49)46-21-10-12-23-48(46)54(50)40-17-5-2-6-18-40)41-31-26-36(27-32-41)37-28-33-42(34-29-37)55-47-22-11-9-20-44(47)45-35-30-38-14-7-8-19-43(38)52(45)55/h1-35H. The van der Waals surface area contributed by atoms with Crippen molar-refractivity contribution in [1.82, 2.24) is 9.13 Å². The van der Waals surface area contributed by atoms with Crippen molar-refractivity contribution in [3.63, 3.8) is 0 Å². The van der Waals surface area contributed by atoms with Gasteiger partial charge in [0, 0.05) is 49.7 Å². The van der Waals surface area contributed by atoms with E-state index in [1.807, 2.05) is 0 Å². The molecule has 0 aliphatic rings. The molecule has 2 heterocycles. The molecule has 0 fully saturated rings. The second kappa shape index (κ2) is 12.6. The molecule has 0 unspecified atom stereocenters. The highest BCUT2D eigenvalue weighted by atomic mass is 15.1. The van der Waals surface area contributed by atoms with Gasteiger partial charge in [0.2, 0.25) is 0 Å². The third kappa shape index (κ3) is 4.98. The minimum Gasteiger partial charge on any atom is -0.310 e. The first-order valence-corrected chi connectivity index (χ1v) is 18.9. The van der Waals surface area contributed by atoms with Crippen molar-refractivity contribution in [3.05, 3.63) is 212 Å². The predicted molar refractivity (Wildman–Crippen MR) is 233 cm³/mol. The average molecular weight is 702 g/mol. The minimum absolute atomic E-state index is 1.10. The number of hydrogen-bond donors (Lipinski definition) is 0. The van der Waals surface area contributed by atoms with Crippen LogP contribution in [0.2, 0.25) is 0 Å². The summed E-state index contributed by atoms with van der Waals surface area (Å²) in [5.41, 5.74) is 12.9. The molecule has 9 aromatic carbocycles. The Morgan fingerprint density at radius 2 is 0.855 bits per heavy atom. The molecule has 0 aliphatic heterocycles. The maximum atomic E-state index is 2.42. The number of para-hydroxylation sites is 4. The van der Waals surface area contributed by atoms with E-state index >= 15 is 0 Å². The van der Waals surface area contributed by atoms with Crippen molar-refractivity contribution in [1.29, 1.82) is 0 Å². The van der Waals surface area contributed by atoms with E-state index in [9.17, 15) is 0 Å². The number of hydrogen-bond acceptors (Lipinski definition) is 1. The first-order valence-electron chi connectivity index (χ1n) is 18.9. The van der Waals surface area contributed by atoms with Gasteiger partial charge in [0.1, 0.15) is 0 Å². The molecule has 258 valence electrons. The lowest BCUT2D eigenvalue weighted by atomic mass is 10.0. The Kier molecular flexibility index (Phi) is 7.17. The monoisotopic (exact) mass is 701 g/mol. The highest BCUT2D eigenvalue weighted by Gasteiger charge is 2.21. The van der Waals surface area contributed by atoms with Gasteiger partial charge in [-0.3, -0.25) is 0 Å². The van der Waals surface area contributed by atoms with Crippen LogP contribution in [0.3, 0.4) is 0 Å². The van der Waals surface area contributed by atoms with E-state index in [1.54, 1.807) is 0 Å². The molecule has 0 saturated carbocycles. The topological polar surface area (TPSA) is 13.1 Å². The lowest BCUT2D eigenvalue weighted by Crippen LogP contribution is -2.10. The van der Waals surface area contributed by atoms with E-state index in [1.165, 1.54) is 65.5 Å². The fourth-order valence-corrected chi connectivity index (χ4v) is 8.65. The smallest absolute Gasteiger partial charge is 0.0619 e. The van der Waals surface area contributed by atoms with Gasteiger partial charge in [0.25, 0.3) is 0 Å². The number of rotatable bonds is 6. The molecule has 0 radical (unpaired) electrons. The molecule has 0 spiro atoms. The van der Waals surface area contributed by atoms with E-state index in [0.29, 0.717) is 0 Å². The van der Waals surface area contributed by atoms with E-state index in [2.05, 4.69) is 226 Å². The molecule has 0 amide bonds. The molecule has 0 atom stereocenters. The van der Waals surface area contributed by atoms with Gasteiger partial charge in [0.15, 0.2) is 0 Å². The van der Waals surface area contributed by atoms with E-state index < -0.39 is 0 Å². The van der Waals surface area contributed by atoms with Gasteiger partial charge in [0.05, 0.1) is 27.8 Å². The highest BCUT2D eigenvalue weighted by Crippen LogP contribution is 2.44. The zero-order valence-electron chi connectivity index (χ0n) is 30.0. The summed E-state index contributed by atoms with van der Waals surface area (Å²) in [6, 6.07) is 76.8. The van der Waals surface area contributed by atoms with E-state index in [0.717, 1.165) is 28.4 Å². The van der Waals surface area contributed by atoms with Gasteiger partial charge in [-0.15, -0.1) is 0 Å². The van der Waals surface area contributed by atoms with Gasteiger partial charge >= 0.3 is 0 Å². The lowest BCUT2D eigenvalue weighted by Gasteiger charge is -2.26. The Hall–Kier alpha value is -7.36. The van der Waals surface area contributed by atoms with Crippen LogP contribution in [-0.4, -0.2) is 9.13 Å². The summed E-state index contributed by atoms with van der Waals surface area (Å²) in [4.78, 5) is 2.39. The summed E-state index contributed by atoms with van der Waals surface area (Å²) in [5, 5.41) is 7.51. The number of anilines is 3. The number of fused-ring (bicyclic) bond motifs is 8. The van der Waals surface area contributed by atoms with Crippen LogP contribution in [-0.2, 0) is 0 Å². The first-order chi connectivity index (χ1) is 27.3. The molecule has 0 N–H and O–H groups in total. The Morgan fingerprint density at radius 3 is 1.60 bits per heavy atom. The molecule has 0 aliphatic carbocycles. The van der Waals surface area contributed by atoms with Crippen molar-refractivity contribution < 1.29 is 0 Å². The normalized spacial score (nSPS) is 11.6. The Labute approximate surface area is 319 Å². The zero-order valence-corrected chi connectivity index (χ0v) is 30.0. The Bertz CT molecular complexity index is 3170. The summed E-state index contributed by atoms with van der Waals surface area (Å²) in [7, 11) is 0. The van der Waals surface area contributed by atoms with E-state index in [4.69, 9.17) is 0 Å². The van der Waals surface area contributed by atoms with E-state index in [-0.39, 0.29) is 0 Å². The van der Waals surface area contributed by atoms with Crippen LogP contribution in [0.4, 0.5) is 17.1 Å². The van der Waals surface area contributed by atoms with Gasteiger partial charge in [-0.2, -0.15) is 0 Å². The molecule has 0 bridgehead atoms. The first kappa shape index (κ1) is 31.2. The molecule has 2 aromatic heterocycles. The maximum Gasteiger partial charge on any atom is 0.0619 e. The fourth-order valence-electron chi connectivity index (χ4n) is 8.65. The average Bonchev–Trinajstić information content (AvgIpc) is 3.79. The molecule has 55 heavy (non-hydrogen) atoms. The summed E-state index contributed by atoms with van der Waals surface area (Å²) in [5.74, 6) is 0. The minimum atomic E-state index is 1.10. The highest BCUT2D eigenvalue weighted by molar-refractivity contribution is 6.19. The number of aromatic nitrogens is 2. The third-order valence-corrected chi connectivity index (χ3v) is 11.1. The van der Waals surface area contributed by atoms with Crippen molar-refractivity contribution in [2.45, 2.75) is 0 Å². The molecule has 0 saturated heterocycles. The summed E-state index contributed by atoms with van der Waals surface area (Å²) in [6.07, 6.45) is 0. The van der Waals surface area contributed by atoms with Gasteiger partial charge in [-0.05, 0) is 89.3 Å². The molecule has 11 rings (SSSR count). The van der Waals surface area contributed by atoms with Crippen LogP contribution >= 0.6 is 0 Å². The van der Waals surface area contributed by atoms with Crippen LogP contribution in [0.5, 0.6) is 0 Å². The fraction of sp³-hybridized carbons (Fsp3) is 0. The lowest BCUT2D eigenvalue weighted by molar-refractivity contribution is 1.18. The third-order valence-electron chi connectivity index (χ3n) is 11.1. The second-order valence-electron chi connectivity index (χ2n) is 14.2. The van der Waals surface area contributed by atoms with Gasteiger partial charge < -0.3 is 14.0 Å². The molecule has 11 aromatic rings. The zero-order chi connectivity index (χ0) is 36.3. The SMILES string of the molecule is c1ccc(N(c2ccc(-c3ccc(-n4c5ccccc5c5ccc6ccccc6c54)cc3)cc2)c2cccc3c2c2ccccc2n3-c2ccccc2)cc1. The van der Waals surface area contributed by atoms with Crippen LogP contribution in [0, 0.1) is 0 Å². The summed E-state index contributed by atoms with van der Waals surface area (Å²) < 4.78 is 4.80. The van der Waals surface area contributed by atoms with Crippen molar-refractivity contribution in [2.24, 2.45) is 0 Å². The number of benzene rings is 9. The summed E-state index contributed by atoms with van der Waals surface area (Å²) in [6.45, 7) is 0. The van der Waals surface area contributed by atoms with Gasteiger partial charge in [-0.1, -0.05) is 140 Å². The Morgan fingerprint density at radius 1 is 0.309 bits per heavy atom. The Balaban J connectivity index is 1.02. The quantitative estimate of drug-likeness (QED) is 0.168. The molecular formula is C52H35N3.